The fourth-order valence-electron chi connectivity index (χ4n) is 3.02. The Balaban J connectivity index is 1.71. The quantitative estimate of drug-likeness (QED) is 0.816. The summed E-state index contributed by atoms with van der Waals surface area (Å²) in [5.41, 5.74) is 2.24. The Kier molecular flexibility index (Phi) is 5.58. The van der Waals surface area contributed by atoms with Gasteiger partial charge in [0.2, 0.25) is 10.0 Å². The predicted octanol–water partition coefficient (Wildman–Crippen LogP) is 2.84. The summed E-state index contributed by atoms with van der Waals surface area (Å²) in [5, 5.41) is 2.87. The van der Waals surface area contributed by atoms with E-state index < -0.39 is 10.0 Å². The zero-order valence-corrected chi connectivity index (χ0v) is 15.6. The van der Waals surface area contributed by atoms with Gasteiger partial charge in [0.05, 0.1) is 4.90 Å². The van der Waals surface area contributed by atoms with Crippen molar-refractivity contribution in [3.8, 4) is 0 Å². The smallest absolute Gasteiger partial charge is 0.255 e. The molecule has 1 fully saturated rings. The summed E-state index contributed by atoms with van der Waals surface area (Å²) in [6.07, 6.45) is 2.39. The first kappa shape index (κ1) is 18.4. The molecule has 0 bridgehead atoms. The fraction of sp³-hybridized carbons (Fsp3) is 0.316. The highest BCUT2D eigenvalue weighted by Gasteiger charge is 2.15. The van der Waals surface area contributed by atoms with Gasteiger partial charge in [-0.05, 0) is 55.3 Å². The molecular formula is C19H23N3O3S. The number of nitrogens with zero attached hydrogens (tertiary/aromatic N) is 1. The lowest BCUT2D eigenvalue weighted by molar-refractivity contribution is 0.102. The van der Waals surface area contributed by atoms with Crippen LogP contribution >= 0.6 is 0 Å². The van der Waals surface area contributed by atoms with Crippen LogP contribution in [-0.2, 0) is 10.0 Å². The first-order valence-corrected chi connectivity index (χ1v) is 10.2. The molecule has 1 aliphatic heterocycles. The van der Waals surface area contributed by atoms with Crippen molar-refractivity contribution >= 4 is 27.3 Å². The summed E-state index contributed by atoms with van der Waals surface area (Å²) < 4.78 is 26.3. The van der Waals surface area contributed by atoms with E-state index in [1.54, 1.807) is 6.92 Å². The molecule has 1 saturated heterocycles. The van der Waals surface area contributed by atoms with E-state index in [-0.39, 0.29) is 10.8 Å². The minimum absolute atomic E-state index is 0.145. The average Bonchev–Trinajstić information content (AvgIpc) is 3.17. The van der Waals surface area contributed by atoms with Gasteiger partial charge in [0.25, 0.3) is 5.91 Å². The molecule has 0 aromatic heterocycles. The van der Waals surface area contributed by atoms with Crippen molar-refractivity contribution in [2.24, 2.45) is 0 Å². The molecule has 1 aliphatic rings. The summed E-state index contributed by atoms with van der Waals surface area (Å²) in [5.74, 6) is -0.268. The van der Waals surface area contributed by atoms with Crippen LogP contribution in [0.4, 0.5) is 11.4 Å². The molecule has 0 radical (unpaired) electrons. The molecular weight excluding hydrogens is 350 g/mol. The first-order valence-electron chi connectivity index (χ1n) is 8.76. The molecule has 7 heteroatoms. The van der Waals surface area contributed by atoms with Gasteiger partial charge in [0, 0.05) is 36.6 Å². The number of sulfonamides is 1. The highest BCUT2D eigenvalue weighted by molar-refractivity contribution is 7.89. The van der Waals surface area contributed by atoms with Gasteiger partial charge in [-0.3, -0.25) is 4.79 Å². The van der Waals surface area contributed by atoms with E-state index in [0.717, 1.165) is 24.5 Å². The number of benzene rings is 2. The lowest BCUT2D eigenvalue weighted by Gasteiger charge is -2.18. The van der Waals surface area contributed by atoms with Gasteiger partial charge in [-0.25, -0.2) is 13.1 Å². The van der Waals surface area contributed by atoms with Crippen molar-refractivity contribution < 1.29 is 13.2 Å². The lowest BCUT2D eigenvalue weighted by Crippen LogP contribution is -2.23. The second kappa shape index (κ2) is 7.88. The molecule has 0 spiro atoms. The first-order chi connectivity index (χ1) is 12.5. The molecule has 2 aromatic rings. The van der Waals surface area contributed by atoms with Crippen molar-refractivity contribution in [3.05, 3.63) is 54.1 Å². The van der Waals surface area contributed by atoms with Crippen LogP contribution in [0.15, 0.2) is 53.4 Å². The van der Waals surface area contributed by atoms with Crippen molar-refractivity contribution in [1.29, 1.82) is 0 Å². The Bertz CT molecular complexity index is 873. The van der Waals surface area contributed by atoms with E-state index in [1.165, 1.54) is 37.1 Å². The predicted molar refractivity (Wildman–Crippen MR) is 103 cm³/mol. The van der Waals surface area contributed by atoms with Gasteiger partial charge in [0.1, 0.15) is 0 Å². The normalized spacial score (nSPS) is 14.4. The Morgan fingerprint density at radius 1 is 1.08 bits per heavy atom. The third-order valence-electron chi connectivity index (χ3n) is 4.34. The second-order valence-corrected chi connectivity index (χ2v) is 7.99. The highest BCUT2D eigenvalue weighted by Crippen LogP contribution is 2.23. The molecule has 0 saturated carbocycles. The number of hydrogen-bond donors (Lipinski definition) is 2. The molecule has 2 N–H and O–H groups in total. The monoisotopic (exact) mass is 373 g/mol. The summed E-state index contributed by atoms with van der Waals surface area (Å²) in [4.78, 5) is 14.9. The SMILES string of the molecule is CCNS(=O)(=O)c1ccc(C(=O)Nc2cccc(N3CCCC3)c2)cc1. The third-order valence-corrected chi connectivity index (χ3v) is 5.90. The van der Waals surface area contributed by atoms with Crippen LogP contribution in [0.5, 0.6) is 0 Å². The van der Waals surface area contributed by atoms with Gasteiger partial charge in [-0.2, -0.15) is 0 Å². The third kappa shape index (κ3) is 4.23. The van der Waals surface area contributed by atoms with Crippen LogP contribution in [-0.4, -0.2) is 34.0 Å². The summed E-state index contributed by atoms with van der Waals surface area (Å²) in [6.45, 7) is 4.12. The van der Waals surface area contributed by atoms with Gasteiger partial charge < -0.3 is 10.2 Å². The highest BCUT2D eigenvalue weighted by atomic mass is 32.2. The minimum Gasteiger partial charge on any atom is -0.371 e. The van der Waals surface area contributed by atoms with E-state index in [0.29, 0.717) is 12.1 Å². The molecule has 26 heavy (non-hydrogen) atoms. The molecule has 138 valence electrons. The Morgan fingerprint density at radius 2 is 1.77 bits per heavy atom. The molecule has 0 unspecified atom stereocenters. The molecule has 0 atom stereocenters. The van der Waals surface area contributed by atoms with Crippen LogP contribution in [0, 0.1) is 0 Å². The molecule has 0 aliphatic carbocycles. The van der Waals surface area contributed by atoms with Crippen molar-refractivity contribution in [3.63, 3.8) is 0 Å². The maximum atomic E-state index is 12.4. The van der Waals surface area contributed by atoms with E-state index >= 15 is 0 Å². The van der Waals surface area contributed by atoms with Crippen LogP contribution in [0.1, 0.15) is 30.1 Å². The van der Waals surface area contributed by atoms with Crippen molar-refractivity contribution in [2.45, 2.75) is 24.7 Å². The van der Waals surface area contributed by atoms with E-state index in [1.807, 2.05) is 24.3 Å². The van der Waals surface area contributed by atoms with Gasteiger partial charge in [-0.15, -0.1) is 0 Å². The Labute approximate surface area is 154 Å². The lowest BCUT2D eigenvalue weighted by atomic mass is 10.2. The number of hydrogen-bond acceptors (Lipinski definition) is 4. The molecule has 1 heterocycles. The molecule has 1 amide bonds. The summed E-state index contributed by atoms with van der Waals surface area (Å²) in [6, 6.07) is 13.7. The maximum absolute atomic E-state index is 12.4. The Hall–Kier alpha value is -2.38. The van der Waals surface area contributed by atoms with E-state index in [2.05, 4.69) is 14.9 Å². The minimum atomic E-state index is -3.51. The van der Waals surface area contributed by atoms with E-state index in [9.17, 15) is 13.2 Å². The fourth-order valence-corrected chi connectivity index (χ4v) is 4.06. The van der Waals surface area contributed by atoms with Gasteiger partial charge in [-0.1, -0.05) is 13.0 Å². The van der Waals surface area contributed by atoms with Crippen LogP contribution < -0.4 is 14.9 Å². The second-order valence-electron chi connectivity index (χ2n) is 6.22. The van der Waals surface area contributed by atoms with Crippen molar-refractivity contribution in [1.82, 2.24) is 4.72 Å². The molecule has 2 aromatic carbocycles. The average molecular weight is 373 g/mol. The standard InChI is InChI=1S/C19H23N3O3S/c1-2-20-26(24,25)18-10-8-15(9-11-18)19(23)21-16-6-5-7-17(14-16)22-12-3-4-13-22/h5-11,14,20H,2-4,12-13H2,1H3,(H,21,23). The number of carbonyl (C=O) groups is 1. The summed E-state index contributed by atoms with van der Waals surface area (Å²) in [7, 11) is -3.51. The number of amides is 1. The largest absolute Gasteiger partial charge is 0.371 e. The number of carbonyl (C=O) groups excluding carboxylic acids is 1. The summed E-state index contributed by atoms with van der Waals surface area (Å²) >= 11 is 0. The zero-order valence-electron chi connectivity index (χ0n) is 14.7. The van der Waals surface area contributed by atoms with Crippen molar-refractivity contribution in [2.75, 3.05) is 29.9 Å². The molecule has 3 rings (SSSR count). The van der Waals surface area contributed by atoms with Crippen LogP contribution in [0.2, 0.25) is 0 Å². The van der Waals surface area contributed by atoms with Gasteiger partial charge >= 0.3 is 0 Å². The van der Waals surface area contributed by atoms with Gasteiger partial charge in [0.15, 0.2) is 0 Å². The Morgan fingerprint density at radius 3 is 2.42 bits per heavy atom. The number of anilines is 2. The molecule has 6 nitrogen and oxygen atoms in total. The number of nitrogens with one attached hydrogen (secondary N) is 2. The zero-order chi connectivity index (χ0) is 18.6. The topological polar surface area (TPSA) is 78.5 Å². The number of rotatable bonds is 6. The van der Waals surface area contributed by atoms with Crippen LogP contribution in [0.3, 0.4) is 0 Å². The maximum Gasteiger partial charge on any atom is 0.255 e. The van der Waals surface area contributed by atoms with Crippen LogP contribution in [0.25, 0.3) is 0 Å². The van der Waals surface area contributed by atoms with E-state index in [4.69, 9.17) is 0 Å².